The summed E-state index contributed by atoms with van der Waals surface area (Å²) in [6.07, 6.45) is 4.06. The third kappa shape index (κ3) is 3.22. The zero-order chi connectivity index (χ0) is 15.5. The number of likely N-dealkylation sites (tertiary alicyclic amines) is 1. The SMILES string of the molecule is CC(=O)SC1CC(=O)N(Cc2ccccc2-n2cccn2)C1. The number of para-hydroxylation sites is 1. The van der Waals surface area contributed by atoms with Gasteiger partial charge in [-0.3, -0.25) is 9.59 Å². The minimum atomic E-state index is 0.0663. The summed E-state index contributed by atoms with van der Waals surface area (Å²) in [5.41, 5.74) is 2.02. The van der Waals surface area contributed by atoms with Gasteiger partial charge in [0, 0.05) is 44.1 Å². The molecule has 1 aromatic carbocycles. The van der Waals surface area contributed by atoms with Crippen molar-refractivity contribution in [1.29, 1.82) is 0 Å². The van der Waals surface area contributed by atoms with Crippen molar-refractivity contribution in [1.82, 2.24) is 14.7 Å². The molecule has 5 nitrogen and oxygen atoms in total. The molecule has 2 aromatic rings. The van der Waals surface area contributed by atoms with Crippen molar-refractivity contribution < 1.29 is 9.59 Å². The number of hydrogen-bond acceptors (Lipinski definition) is 4. The van der Waals surface area contributed by atoms with Gasteiger partial charge < -0.3 is 4.90 Å². The van der Waals surface area contributed by atoms with E-state index in [0.29, 0.717) is 19.5 Å². The molecule has 1 unspecified atom stereocenters. The van der Waals surface area contributed by atoms with E-state index < -0.39 is 0 Å². The van der Waals surface area contributed by atoms with Crippen LogP contribution in [0.5, 0.6) is 0 Å². The number of carbonyl (C=O) groups excluding carboxylic acids is 2. The molecule has 6 heteroatoms. The highest BCUT2D eigenvalue weighted by molar-refractivity contribution is 8.14. The first kappa shape index (κ1) is 14.8. The molecule has 1 aliphatic heterocycles. The molecule has 1 saturated heterocycles. The second-order valence-corrected chi connectivity index (χ2v) is 6.77. The number of rotatable bonds is 4. The van der Waals surface area contributed by atoms with Crippen LogP contribution < -0.4 is 0 Å². The van der Waals surface area contributed by atoms with Gasteiger partial charge in [0.15, 0.2) is 5.12 Å². The number of thioether (sulfide) groups is 1. The van der Waals surface area contributed by atoms with Crippen molar-refractivity contribution in [2.75, 3.05) is 6.54 Å². The van der Waals surface area contributed by atoms with Gasteiger partial charge in [-0.25, -0.2) is 4.68 Å². The fraction of sp³-hybridized carbons (Fsp3) is 0.312. The number of nitrogens with zero attached hydrogens (tertiary/aromatic N) is 3. The fourth-order valence-electron chi connectivity index (χ4n) is 2.69. The molecule has 1 aromatic heterocycles. The molecule has 0 saturated carbocycles. The molecule has 0 spiro atoms. The summed E-state index contributed by atoms with van der Waals surface area (Å²) in [6.45, 7) is 2.71. The first-order valence-electron chi connectivity index (χ1n) is 7.16. The highest BCUT2D eigenvalue weighted by Crippen LogP contribution is 2.26. The van der Waals surface area contributed by atoms with Crippen molar-refractivity contribution in [3.8, 4) is 5.69 Å². The number of aromatic nitrogens is 2. The smallest absolute Gasteiger partial charge is 0.224 e. The first-order chi connectivity index (χ1) is 10.6. The van der Waals surface area contributed by atoms with Crippen LogP contribution in [0.25, 0.3) is 5.69 Å². The molecule has 0 radical (unpaired) electrons. The maximum atomic E-state index is 12.1. The molecule has 3 rings (SSSR count). The lowest BCUT2D eigenvalue weighted by atomic mass is 10.1. The normalized spacial score (nSPS) is 18.0. The van der Waals surface area contributed by atoms with Crippen LogP contribution in [0.3, 0.4) is 0 Å². The van der Waals surface area contributed by atoms with E-state index in [2.05, 4.69) is 5.10 Å². The van der Waals surface area contributed by atoms with Crippen LogP contribution in [0.1, 0.15) is 18.9 Å². The van der Waals surface area contributed by atoms with Crippen molar-refractivity contribution in [2.24, 2.45) is 0 Å². The third-order valence-corrected chi connectivity index (χ3v) is 4.60. The number of benzene rings is 1. The van der Waals surface area contributed by atoms with E-state index in [9.17, 15) is 9.59 Å². The summed E-state index contributed by atoms with van der Waals surface area (Å²) < 4.78 is 1.80. The van der Waals surface area contributed by atoms with E-state index in [1.165, 1.54) is 11.8 Å². The van der Waals surface area contributed by atoms with Crippen molar-refractivity contribution >= 4 is 22.8 Å². The molecular weight excluding hydrogens is 298 g/mol. The summed E-state index contributed by atoms with van der Waals surface area (Å²) in [7, 11) is 0. The van der Waals surface area contributed by atoms with Gasteiger partial charge in [-0.15, -0.1) is 0 Å². The quantitative estimate of drug-likeness (QED) is 0.868. The summed E-state index contributed by atoms with van der Waals surface area (Å²) in [4.78, 5) is 25.2. The van der Waals surface area contributed by atoms with Gasteiger partial charge in [-0.2, -0.15) is 5.10 Å². The standard InChI is InChI=1S/C16H17N3O2S/c1-12(20)22-14-9-16(21)18(11-14)10-13-5-2-3-6-15(13)19-8-4-7-17-19/h2-8,14H,9-11H2,1H3. The monoisotopic (exact) mass is 315 g/mol. The number of carbonyl (C=O) groups is 2. The topological polar surface area (TPSA) is 55.2 Å². The molecule has 1 fully saturated rings. The van der Waals surface area contributed by atoms with Crippen molar-refractivity contribution in [3.05, 3.63) is 48.3 Å². The molecule has 1 amide bonds. The molecule has 0 bridgehead atoms. The van der Waals surface area contributed by atoms with Crippen LogP contribution in [0, 0.1) is 0 Å². The minimum absolute atomic E-state index is 0.0663. The number of hydrogen-bond donors (Lipinski definition) is 0. The highest BCUT2D eigenvalue weighted by atomic mass is 32.2. The number of amides is 1. The predicted molar refractivity (Wildman–Crippen MR) is 85.7 cm³/mol. The Bertz CT molecular complexity index is 684. The van der Waals surface area contributed by atoms with Crippen LogP contribution in [-0.4, -0.2) is 37.5 Å². The maximum absolute atomic E-state index is 12.1. The minimum Gasteiger partial charge on any atom is -0.337 e. The molecule has 22 heavy (non-hydrogen) atoms. The van der Waals surface area contributed by atoms with E-state index in [1.54, 1.807) is 17.8 Å². The summed E-state index contributed by atoms with van der Waals surface area (Å²) in [6, 6.07) is 9.79. The second kappa shape index (κ2) is 6.36. The highest BCUT2D eigenvalue weighted by Gasteiger charge is 2.31. The van der Waals surface area contributed by atoms with Gasteiger partial charge in [0.1, 0.15) is 0 Å². The van der Waals surface area contributed by atoms with Crippen LogP contribution in [0.4, 0.5) is 0 Å². The molecule has 2 heterocycles. The van der Waals surface area contributed by atoms with E-state index in [0.717, 1.165) is 11.3 Å². The zero-order valence-electron chi connectivity index (χ0n) is 12.3. The third-order valence-electron chi connectivity index (χ3n) is 3.62. The molecule has 114 valence electrons. The Balaban J connectivity index is 1.77. The van der Waals surface area contributed by atoms with Crippen LogP contribution in [0.15, 0.2) is 42.7 Å². The Morgan fingerprint density at radius 2 is 2.18 bits per heavy atom. The van der Waals surface area contributed by atoms with Crippen LogP contribution in [0.2, 0.25) is 0 Å². The summed E-state index contributed by atoms with van der Waals surface area (Å²) in [5.74, 6) is 0.106. The molecular formula is C16H17N3O2S. The Morgan fingerprint density at radius 1 is 1.36 bits per heavy atom. The van der Waals surface area contributed by atoms with E-state index in [1.807, 2.05) is 41.4 Å². The molecule has 0 N–H and O–H groups in total. The summed E-state index contributed by atoms with van der Waals surface area (Å²) in [5, 5.41) is 4.40. The predicted octanol–water partition coefficient (Wildman–Crippen LogP) is 2.25. The van der Waals surface area contributed by atoms with E-state index in [-0.39, 0.29) is 16.3 Å². The lowest BCUT2D eigenvalue weighted by Crippen LogP contribution is -2.25. The largest absolute Gasteiger partial charge is 0.337 e. The lowest BCUT2D eigenvalue weighted by Gasteiger charge is -2.18. The van der Waals surface area contributed by atoms with Gasteiger partial charge in [0.05, 0.1) is 5.69 Å². The van der Waals surface area contributed by atoms with Crippen molar-refractivity contribution in [3.63, 3.8) is 0 Å². The Kier molecular flexibility index (Phi) is 4.29. The van der Waals surface area contributed by atoms with Gasteiger partial charge >= 0.3 is 0 Å². The van der Waals surface area contributed by atoms with Crippen LogP contribution >= 0.6 is 11.8 Å². The second-order valence-electron chi connectivity index (χ2n) is 5.29. The van der Waals surface area contributed by atoms with Crippen LogP contribution in [-0.2, 0) is 16.1 Å². The zero-order valence-corrected chi connectivity index (χ0v) is 13.1. The average Bonchev–Trinajstić information content (AvgIpc) is 3.10. The Hall–Kier alpha value is -2.08. The maximum Gasteiger partial charge on any atom is 0.224 e. The summed E-state index contributed by atoms with van der Waals surface area (Å²) >= 11 is 1.26. The fourth-order valence-corrected chi connectivity index (χ4v) is 3.64. The van der Waals surface area contributed by atoms with Gasteiger partial charge in [-0.1, -0.05) is 30.0 Å². The van der Waals surface area contributed by atoms with Gasteiger partial charge in [-0.05, 0) is 17.7 Å². The molecule has 1 atom stereocenters. The lowest BCUT2D eigenvalue weighted by molar-refractivity contribution is -0.128. The Labute approximate surface area is 133 Å². The van der Waals surface area contributed by atoms with E-state index >= 15 is 0 Å². The van der Waals surface area contributed by atoms with Crippen molar-refractivity contribution in [2.45, 2.75) is 25.1 Å². The molecule has 1 aliphatic rings. The molecule has 0 aliphatic carbocycles. The Morgan fingerprint density at radius 3 is 2.91 bits per heavy atom. The van der Waals surface area contributed by atoms with Gasteiger partial charge in [0.25, 0.3) is 0 Å². The first-order valence-corrected chi connectivity index (χ1v) is 8.04. The average molecular weight is 315 g/mol. The van der Waals surface area contributed by atoms with Gasteiger partial charge in [0.2, 0.25) is 5.91 Å². The van der Waals surface area contributed by atoms with E-state index in [4.69, 9.17) is 0 Å².